The van der Waals surface area contributed by atoms with Crippen molar-refractivity contribution in [3.8, 4) is 11.4 Å². The first-order chi connectivity index (χ1) is 14.1. The third-order valence-electron chi connectivity index (χ3n) is 4.84. The minimum atomic E-state index is -0.331. The Hall–Kier alpha value is -3.03. The van der Waals surface area contributed by atoms with Crippen LogP contribution in [0.5, 0.6) is 0 Å². The van der Waals surface area contributed by atoms with Crippen LogP contribution >= 0.6 is 22.9 Å². The summed E-state index contributed by atoms with van der Waals surface area (Å²) in [5, 5.41) is 4.93. The standard InChI is InChI=1S/C21H15ClN4O2S/c1-2-10-25-15-9-4-3-8-14(15)16(19(25)27)17-20(28)26-21(29-17)23-18(24-26)12-6-5-7-13(22)11-12/h3-9,11H,2,10H2,1H3/b17-16-. The van der Waals surface area contributed by atoms with E-state index in [1.54, 1.807) is 17.0 Å². The van der Waals surface area contributed by atoms with Gasteiger partial charge in [-0.1, -0.05) is 60.2 Å². The molecule has 5 rings (SSSR count). The van der Waals surface area contributed by atoms with E-state index in [9.17, 15) is 9.59 Å². The van der Waals surface area contributed by atoms with E-state index in [-0.39, 0.29) is 11.5 Å². The van der Waals surface area contributed by atoms with Gasteiger partial charge < -0.3 is 4.90 Å². The fourth-order valence-electron chi connectivity index (χ4n) is 3.58. The molecule has 0 saturated heterocycles. The summed E-state index contributed by atoms with van der Waals surface area (Å²) in [6.07, 6.45) is 0.829. The van der Waals surface area contributed by atoms with Crippen LogP contribution < -0.4 is 15.0 Å². The predicted octanol–water partition coefficient (Wildman–Crippen LogP) is 3.15. The molecule has 0 N–H and O–H groups in total. The summed E-state index contributed by atoms with van der Waals surface area (Å²) in [5.74, 6) is 0.280. The van der Waals surface area contributed by atoms with Crippen LogP contribution in [0.2, 0.25) is 5.02 Å². The zero-order chi connectivity index (χ0) is 20.1. The molecule has 1 amide bonds. The molecule has 29 heavy (non-hydrogen) atoms. The van der Waals surface area contributed by atoms with Crippen molar-refractivity contribution in [3.05, 3.63) is 74.0 Å². The minimum Gasteiger partial charge on any atom is -0.308 e. The number of carbonyl (C=O) groups excluding carboxylic acids is 1. The summed E-state index contributed by atoms with van der Waals surface area (Å²) in [7, 11) is 0. The maximum Gasteiger partial charge on any atom is 0.291 e. The summed E-state index contributed by atoms with van der Waals surface area (Å²) >= 11 is 7.23. The van der Waals surface area contributed by atoms with Crippen LogP contribution in [0.4, 0.5) is 5.69 Å². The molecular weight excluding hydrogens is 408 g/mol. The number of aromatic nitrogens is 3. The molecule has 0 saturated carbocycles. The highest BCUT2D eigenvalue weighted by Crippen LogP contribution is 2.35. The number of hydrogen-bond acceptors (Lipinski definition) is 5. The SMILES string of the molecule is CCCN1C(=O)/C(=c2\sc3nc(-c4cccc(Cl)c4)nn3c2=O)c2ccccc21. The van der Waals surface area contributed by atoms with Crippen LogP contribution in [0.15, 0.2) is 53.3 Å². The van der Waals surface area contributed by atoms with Gasteiger partial charge in [-0.2, -0.15) is 9.50 Å². The number of hydrogen-bond donors (Lipinski definition) is 0. The van der Waals surface area contributed by atoms with Gasteiger partial charge in [0.25, 0.3) is 11.5 Å². The topological polar surface area (TPSA) is 67.6 Å². The van der Waals surface area contributed by atoms with Crippen molar-refractivity contribution in [3.63, 3.8) is 0 Å². The van der Waals surface area contributed by atoms with Gasteiger partial charge in [0.05, 0.1) is 11.3 Å². The number of para-hydroxylation sites is 1. The molecule has 0 radical (unpaired) electrons. The van der Waals surface area contributed by atoms with E-state index in [1.165, 1.54) is 15.9 Å². The van der Waals surface area contributed by atoms with Crippen LogP contribution in [0.1, 0.15) is 18.9 Å². The summed E-state index contributed by atoms with van der Waals surface area (Å²) in [4.78, 5) is 32.9. The third kappa shape index (κ3) is 2.77. The Bertz CT molecular complexity index is 1390. The minimum absolute atomic E-state index is 0.148. The summed E-state index contributed by atoms with van der Waals surface area (Å²) in [5.41, 5.74) is 2.45. The van der Waals surface area contributed by atoms with Gasteiger partial charge in [-0.05, 0) is 24.6 Å². The molecule has 2 aromatic heterocycles. The number of carbonyl (C=O) groups is 1. The second-order valence-electron chi connectivity index (χ2n) is 6.73. The largest absolute Gasteiger partial charge is 0.308 e. The van der Waals surface area contributed by atoms with E-state index in [1.807, 2.05) is 43.3 Å². The van der Waals surface area contributed by atoms with Crippen molar-refractivity contribution in [1.82, 2.24) is 14.6 Å². The van der Waals surface area contributed by atoms with E-state index in [2.05, 4.69) is 10.1 Å². The summed E-state index contributed by atoms with van der Waals surface area (Å²) < 4.78 is 1.63. The number of benzene rings is 2. The quantitative estimate of drug-likeness (QED) is 0.508. The van der Waals surface area contributed by atoms with Gasteiger partial charge in [-0.15, -0.1) is 5.10 Å². The van der Waals surface area contributed by atoms with Gasteiger partial charge in [0.15, 0.2) is 5.82 Å². The molecule has 0 spiro atoms. The molecule has 0 fully saturated rings. The van der Waals surface area contributed by atoms with Crippen molar-refractivity contribution in [2.24, 2.45) is 0 Å². The van der Waals surface area contributed by atoms with E-state index in [4.69, 9.17) is 11.6 Å². The first kappa shape index (κ1) is 18.0. The van der Waals surface area contributed by atoms with Crippen molar-refractivity contribution in [2.75, 3.05) is 11.4 Å². The maximum atomic E-state index is 13.1. The van der Waals surface area contributed by atoms with Crippen LogP contribution in [-0.2, 0) is 4.79 Å². The number of halogens is 1. The normalized spacial score (nSPS) is 15.4. The highest BCUT2D eigenvalue weighted by Gasteiger charge is 2.33. The predicted molar refractivity (Wildman–Crippen MR) is 114 cm³/mol. The molecule has 1 aliphatic rings. The average Bonchev–Trinajstić information content (AvgIpc) is 3.34. The zero-order valence-corrected chi connectivity index (χ0v) is 17.0. The zero-order valence-electron chi connectivity index (χ0n) is 15.4. The second kappa shape index (κ2) is 6.79. The Morgan fingerprint density at radius 3 is 2.69 bits per heavy atom. The van der Waals surface area contributed by atoms with Crippen LogP contribution in [0.25, 0.3) is 21.9 Å². The Morgan fingerprint density at radius 2 is 1.93 bits per heavy atom. The molecule has 8 heteroatoms. The van der Waals surface area contributed by atoms with Gasteiger partial charge in [0.2, 0.25) is 4.96 Å². The van der Waals surface area contributed by atoms with Crippen LogP contribution in [0.3, 0.4) is 0 Å². The van der Waals surface area contributed by atoms with E-state index in [0.717, 1.165) is 23.2 Å². The fourth-order valence-corrected chi connectivity index (χ4v) is 4.77. The monoisotopic (exact) mass is 422 g/mol. The Morgan fingerprint density at radius 1 is 1.10 bits per heavy atom. The highest BCUT2D eigenvalue weighted by atomic mass is 35.5. The lowest BCUT2D eigenvalue weighted by atomic mass is 10.1. The van der Waals surface area contributed by atoms with Crippen molar-refractivity contribution < 1.29 is 4.79 Å². The van der Waals surface area contributed by atoms with E-state index >= 15 is 0 Å². The van der Waals surface area contributed by atoms with Crippen LogP contribution in [0, 0.1) is 0 Å². The smallest absolute Gasteiger partial charge is 0.291 e. The van der Waals surface area contributed by atoms with E-state index in [0.29, 0.717) is 32.5 Å². The van der Waals surface area contributed by atoms with E-state index < -0.39 is 0 Å². The van der Waals surface area contributed by atoms with Crippen molar-refractivity contribution in [1.29, 1.82) is 0 Å². The number of rotatable bonds is 3. The third-order valence-corrected chi connectivity index (χ3v) is 6.10. The lowest BCUT2D eigenvalue weighted by Gasteiger charge is -2.15. The van der Waals surface area contributed by atoms with Gasteiger partial charge in [-0.25, -0.2) is 0 Å². The molecule has 4 aromatic rings. The summed E-state index contributed by atoms with van der Waals surface area (Å²) in [6.45, 7) is 2.63. The van der Waals surface area contributed by atoms with Gasteiger partial charge in [0, 0.05) is 22.7 Å². The molecule has 1 aliphatic heterocycles. The number of amides is 1. The van der Waals surface area contributed by atoms with Crippen molar-refractivity contribution >= 4 is 45.1 Å². The Labute approximate surface area is 174 Å². The number of thiazole rings is 1. The maximum absolute atomic E-state index is 13.1. The van der Waals surface area contributed by atoms with Crippen molar-refractivity contribution in [2.45, 2.75) is 13.3 Å². The highest BCUT2D eigenvalue weighted by molar-refractivity contribution is 7.15. The number of fused-ring (bicyclic) bond motifs is 2. The number of nitrogens with zero attached hydrogens (tertiary/aromatic N) is 4. The molecule has 3 heterocycles. The molecule has 0 aliphatic carbocycles. The Balaban J connectivity index is 1.72. The van der Waals surface area contributed by atoms with Gasteiger partial charge in [-0.3, -0.25) is 9.59 Å². The average molecular weight is 423 g/mol. The lowest BCUT2D eigenvalue weighted by Crippen LogP contribution is -2.32. The molecule has 0 atom stereocenters. The van der Waals surface area contributed by atoms with Crippen LogP contribution in [-0.4, -0.2) is 27.0 Å². The molecule has 2 aromatic carbocycles. The molecule has 0 bridgehead atoms. The molecule has 144 valence electrons. The summed E-state index contributed by atoms with van der Waals surface area (Å²) in [6, 6.07) is 14.7. The first-order valence-corrected chi connectivity index (χ1v) is 10.4. The lowest BCUT2D eigenvalue weighted by molar-refractivity contribution is -0.113. The molecular formula is C21H15ClN4O2S. The Kier molecular flexibility index (Phi) is 4.22. The first-order valence-electron chi connectivity index (χ1n) is 9.19. The number of anilines is 1. The van der Waals surface area contributed by atoms with Gasteiger partial charge >= 0.3 is 0 Å². The fraction of sp³-hybridized carbons (Fsp3) is 0.143. The molecule has 6 nitrogen and oxygen atoms in total. The second-order valence-corrected chi connectivity index (χ2v) is 8.14. The van der Waals surface area contributed by atoms with Gasteiger partial charge in [0.1, 0.15) is 4.53 Å². The molecule has 0 unspecified atom stereocenters.